The Bertz CT molecular complexity index is 434. The van der Waals surface area contributed by atoms with E-state index in [1.807, 2.05) is 36.9 Å². The molecule has 1 unspecified atom stereocenters. The Kier molecular flexibility index (Phi) is 4.59. The lowest BCUT2D eigenvalue weighted by molar-refractivity contribution is 0.0668. The maximum Gasteiger partial charge on any atom is 0.254 e. The quantitative estimate of drug-likeness (QED) is 0.907. The first-order valence-corrected chi connectivity index (χ1v) is 7.19. The Hall–Kier alpha value is -1.35. The molecule has 1 fully saturated rings. The first-order chi connectivity index (χ1) is 9.13. The molecule has 0 aliphatic carbocycles. The number of rotatable bonds is 3. The zero-order valence-corrected chi connectivity index (χ0v) is 12.0. The third kappa shape index (κ3) is 3.16. The molecule has 3 nitrogen and oxygen atoms in total. The summed E-state index contributed by atoms with van der Waals surface area (Å²) in [6, 6.07) is 6.04. The number of nitrogens with two attached hydrogens (primary N) is 1. The minimum Gasteiger partial charge on any atom is -0.338 e. The highest BCUT2D eigenvalue weighted by atomic mass is 16.2. The van der Waals surface area contributed by atoms with Gasteiger partial charge in [0.15, 0.2) is 0 Å². The second kappa shape index (κ2) is 6.20. The third-order valence-corrected chi connectivity index (χ3v) is 4.08. The van der Waals surface area contributed by atoms with Crippen LogP contribution in [-0.4, -0.2) is 30.4 Å². The van der Waals surface area contributed by atoms with Crippen molar-refractivity contribution in [2.75, 3.05) is 19.6 Å². The Morgan fingerprint density at radius 1 is 1.37 bits per heavy atom. The summed E-state index contributed by atoms with van der Waals surface area (Å²) < 4.78 is 0. The number of piperidine rings is 1. The zero-order valence-electron chi connectivity index (χ0n) is 12.0. The van der Waals surface area contributed by atoms with Crippen molar-refractivity contribution >= 4 is 5.91 Å². The van der Waals surface area contributed by atoms with Crippen LogP contribution < -0.4 is 5.73 Å². The highest BCUT2D eigenvalue weighted by Crippen LogP contribution is 2.23. The first kappa shape index (κ1) is 14.1. The molecule has 1 amide bonds. The summed E-state index contributed by atoms with van der Waals surface area (Å²) in [6.07, 6.45) is 3.33. The van der Waals surface area contributed by atoms with E-state index in [9.17, 15) is 4.79 Å². The SMILES string of the molecule is Cc1cccc(C)c1C(=O)N1CCCC(CCN)C1. The molecule has 1 saturated heterocycles. The number of hydrogen-bond donors (Lipinski definition) is 1. The predicted molar refractivity (Wildman–Crippen MR) is 78.2 cm³/mol. The fourth-order valence-electron chi connectivity index (χ4n) is 3.03. The molecule has 0 saturated carbocycles. The molecular formula is C16H24N2O. The van der Waals surface area contributed by atoms with Crippen LogP contribution in [0.2, 0.25) is 0 Å². The van der Waals surface area contributed by atoms with Gasteiger partial charge < -0.3 is 10.6 Å². The topological polar surface area (TPSA) is 46.3 Å². The van der Waals surface area contributed by atoms with E-state index in [1.54, 1.807) is 0 Å². The monoisotopic (exact) mass is 260 g/mol. The molecule has 1 atom stereocenters. The molecular weight excluding hydrogens is 236 g/mol. The van der Waals surface area contributed by atoms with Crippen LogP contribution in [0.15, 0.2) is 18.2 Å². The maximum absolute atomic E-state index is 12.7. The molecule has 1 aromatic carbocycles. The lowest BCUT2D eigenvalue weighted by atomic mass is 9.93. The van der Waals surface area contributed by atoms with E-state index in [0.29, 0.717) is 5.92 Å². The van der Waals surface area contributed by atoms with Crippen molar-refractivity contribution in [3.63, 3.8) is 0 Å². The van der Waals surface area contributed by atoms with Gasteiger partial charge in [0.05, 0.1) is 0 Å². The Morgan fingerprint density at radius 2 is 2.05 bits per heavy atom. The van der Waals surface area contributed by atoms with E-state index in [-0.39, 0.29) is 5.91 Å². The van der Waals surface area contributed by atoms with Crippen LogP contribution in [0, 0.1) is 19.8 Å². The molecule has 1 aliphatic rings. The molecule has 2 N–H and O–H groups in total. The number of carbonyl (C=O) groups excluding carboxylic acids is 1. The average molecular weight is 260 g/mol. The van der Waals surface area contributed by atoms with Crippen LogP contribution in [-0.2, 0) is 0 Å². The first-order valence-electron chi connectivity index (χ1n) is 7.19. The third-order valence-electron chi connectivity index (χ3n) is 4.08. The van der Waals surface area contributed by atoms with Crippen LogP contribution >= 0.6 is 0 Å². The van der Waals surface area contributed by atoms with Crippen molar-refractivity contribution in [3.8, 4) is 0 Å². The lowest BCUT2D eigenvalue weighted by Gasteiger charge is -2.33. The van der Waals surface area contributed by atoms with Gasteiger partial charge in [-0.05, 0) is 56.7 Å². The molecule has 0 spiro atoms. The smallest absolute Gasteiger partial charge is 0.254 e. The molecule has 19 heavy (non-hydrogen) atoms. The molecule has 1 aliphatic heterocycles. The van der Waals surface area contributed by atoms with Gasteiger partial charge in [-0.15, -0.1) is 0 Å². The van der Waals surface area contributed by atoms with E-state index >= 15 is 0 Å². The molecule has 2 rings (SSSR count). The van der Waals surface area contributed by atoms with Crippen molar-refractivity contribution in [3.05, 3.63) is 34.9 Å². The normalized spacial score (nSPS) is 19.5. The number of carbonyl (C=O) groups is 1. The van der Waals surface area contributed by atoms with E-state index in [1.165, 1.54) is 6.42 Å². The van der Waals surface area contributed by atoms with Gasteiger partial charge >= 0.3 is 0 Å². The van der Waals surface area contributed by atoms with Gasteiger partial charge in [-0.1, -0.05) is 18.2 Å². The maximum atomic E-state index is 12.7. The van der Waals surface area contributed by atoms with Crippen molar-refractivity contribution in [2.24, 2.45) is 11.7 Å². The van der Waals surface area contributed by atoms with Crippen LogP contribution in [0.25, 0.3) is 0 Å². The molecule has 0 radical (unpaired) electrons. The Balaban J connectivity index is 2.15. The van der Waals surface area contributed by atoms with Gasteiger partial charge in [-0.3, -0.25) is 4.79 Å². The van der Waals surface area contributed by atoms with Crippen molar-refractivity contribution in [1.82, 2.24) is 4.90 Å². The highest BCUT2D eigenvalue weighted by molar-refractivity contribution is 5.97. The van der Waals surface area contributed by atoms with Gasteiger partial charge in [0.2, 0.25) is 0 Å². The summed E-state index contributed by atoms with van der Waals surface area (Å²) in [6.45, 7) is 6.50. The fourth-order valence-corrected chi connectivity index (χ4v) is 3.03. The number of likely N-dealkylation sites (tertiary alicyclic amines) is 1. The van der Waals surface area contributed by atoms with Crippen LogP contribution in [0.4, 0.5) is 0 Å². The van der Waals surface area contributed by atoms with Gasteiger partial charge in [-0.2, -0.15) is 0 Å². The second-order valence-corrected chi connectivity index (χ2v) is 5.60. The van der Waals surface area contributed by atoms with Crippen molar-refractivity contribution < 1.29 is 4.79 Å². The van der Waals surface area contributed by atoms with Crippen LogP contribution in [0.3, 0.4) is 0 Å². The van der Waals surface area contributed by atoms with Crippen molar-refractivity contribution in [1.29, 1.82) is 0 Å². The standard InChI is InChI=1S/C16H24N2O/c1-12-5-3-6-13(2)15(12)16(19)18-10-4-7-14(11-18)8-9-17/h3,5-6,14H,4,7-11,17H2,1-2H3. The summed E-state index contributed by atoms with van der Waals surface area (Å²) in [5.41, 5.74) is 8.67. The number of aryl methyl sites for hydroxylation is 2. The highest BCUT2D eigenvalue weighted by Gasteiger charge is 2.25. The predicted octanol–water partition coefficient (Wildman–Crippen LogP) is 2.50. The summed E-state index contributed by atoms with van der Waals surface area (Å²) in [5.74, 6) is 0.768. The lowest BCUT2D eigenvalue weighted by Crippen LogP contribution is -2.41. The summed E-state index contributed by atoms with van der Waals surface area (Å²) in [7, 11) is 0. The molecule has 1 aromatic rings. The van der Waals surface area contributed by atoms with Crippen molar-refractivity contribution in [2.45, 2.75) is 33.1 Å². The summed E-state index contributed by atoms with van der Waals surface area (Å²) in [4.78, 5) is 14.7. The largest absolute Gasteiger partial charge is 0.338 e. The van der Waals surface area contributed by atoms with Gasteiger partial charge in [0.25, 0.3) is 5.91 Å². The Labute approximate surface area is 115 Å². The number of amides is 1. The van der Waals surface area contributed by atoms with Gasteiger partial charge in [0, 0.05) is 18.7 Å². The minimum absolute atomic E-state index is 0.192. The van der Waals surface area contributed by atoms with E-state index in [2.05, 4.69) is 0 Å². The van der Waals surface area contributed by atoms with Gasteiger partial charge in [-0.25, -0.2) is 0 Å². The zero-order chi connectivity index (χ0) is 13.8. The summed E-state index contributed by atoms with van der Waals surface area (Å²) >= 11 is 0. The molecule has 0 bridgehead atoms. The fraction of sp³-hybridized carbons (Fsp3) is 0.562. The number of benzene rings is 1. The second-order valence-electron chi connectivity index (χ2n) is 5.60. The van der Waals surface area contributed by atoms with Gasteiger partial charge in [0.1, 0.15) is 0 Å². The van der Waals surface area contributed by atoms with E-state index < -0.39 is 0 Å². The number of nitrogens with zero attached hydrogens (tertiary/aromatic N) is 1. The average Bonchev–Trinajstić information content (AvgIpc) is 2.39. The van der Waals surface area contributed by atoms with E-state index in [4.69, 9.17) is 5.73 Å². The Morgan fingerprint density at radius 3 is 2.68 bits per heavy atom. The molecule has 104 valence electrons. The van der Waals surface area contributed by atoms with Crippen LogP contribution in [0.1, 0.15) is 40.7 Å². The number of hydrogen-bond acceptors (Lipinski definition) is 2. The minimum atomic E-state index is 0.192. The van der Waals surface area contributed by atoms with E-state index in [0.717, 1.165) is 49.2 Å². The molecule has 1 heterocycles. The summed E-state index contributed by atoms with van der Waals surface area (Å²) in [5, 5.41) is 0. The molecule has 0 aromatic heterocycles. The molecule has 3 heteroatoms. The van der Waals surface area contributed by atoms with Crippen LogP contribution in [0.5, 0.6) is 0 Å².